The van der Waals surface area contributed by atoms with Crippen LogP contribution in [0, 0.1) is 5.82 Å². The second-order valence-corrected chi connectivity index (χ2v) is 5.36. The molecule has 0 radical (unpaired) electrons. The second kappa shape index (κ2) is 6.03. The van der Waals surface area contributed by atoms with Crippen molar-refractivity contribution in [1.82, 2.24) is 5.32 Å². The van der Waals surface area contributed by atoms with Crippen LogP contribution in [0.1, 0.15) is 31.2 Å². The van der Waals surface area contributed by atoms with E-state index in [4.69, 9.17) is 23.2 Å². The Hall–Kier alpha value is -0.310. The zero-order valence-corrected chi connectivity index (χ0v) is 11.1. The number of hydrogen-bond donors (Lipinski definition) is 1. The zero-order chi connectivity index (χ0) is 12.3. The fraction of sp³-hybridized carbons (Fsp3) is 0.538. The lowest BCUT2D eigenvalue weighted by atomic mass is 9.98. The summed E-state index contributed by atoms with van der Waals surface area (Å²) in [4.78, 5) is 0. The molecule has 17 heavy (non-hydrogen) atoms. The molecule has 1 nitrogen and oxygen atoms in total. The van der Waals surface area contributed by atoms with Gasteiger partial charge in [-0.2, -0.15) is 0 Å². The Bertz CT molecular complexity index is 389. The molecular formula is C13H16Cl2FN. The van der Waals surface area contributed by atoms with Crippen LogP contribution in [0.4, 0.5) is 4.39 Å². The van der Waals surface area contributed by atoms with Gasteiger partial charge < -0.3 is 5.32 Å². The molecule has 0 amide bonds. The molecule has 1 unspecified atom stereocenters. The maximum absolute atomic E-state index is 13.3. The summed E-state index contributed by atoms with van der Waals surface area (Å²) in [6.07, 6.45) is 5.53. The summed E-state index contributed by atoms with van der Waals surface area (Å²) >= 11 is 11.7. The van der Waals surface area contributed by atoms with Crippen molar-refractivity contribution in [2.45, 2.75) is 38.1 Å². The highest BCUT2D eigenvalue weighted by Gasteiger charge is 2.14. The molecule has 1 atom stereocenters. The van der Waals surface area contributed by atoms with Gasteiger partial charge in [-0.15, -0.1) is 0 Å². The number of rotatable bonds is 3. The number of aryl methyl sites for hydroxylation is 1. The van der Waals surface area contributed by atoms with Gasteiger partial charge in [0.05, 0.1) is 5.02 Å². The molecule has 94 valence electrons. The van der Waals surface area contributed by atoms with Crippen molar-refractivity contribution in [2.24, 2.45) is 0 Å². The first-order chi connectivity index (χ1) is 8.16. The van der Waals surface area contributed by atoms with E-state index in [1.807, 2.05) is 0 Å². The van der Waals surface area contributed by atoms with E-state index in [2.05, 4.69) is 5.32 Å². The summed E-state index contributed by atoms with van der Waals surface area (Å²) in [6, 6.07) is 3.48. The van der Waals surface area contributed by atoms with Crippen LogP contribution in [-0.4, -0.2) is 12.6 Å². The Morgan fingerprint density at radius 3 is 2.76 bits per heavy atom. The minimum Gasteiger partial charge on any atom is -0.314 e. The van der Waals surface area contributed by atoms with Crippen LogP contribution in [0.15, 0.2) is 12.1 Å². The van der Waals surface area contributed by atoms with Crippen molar-refractivity contribution in [3.05, 3.63) is 33.6 Å². The number of piperidine rings is 1. The molecule has 1 N–H and O–H groups in total. The van der Waals surface area contributed by atoms with E-state index in [0.717, 1.165) is 24.9 Å². The third-order valence-corrected chi connectivity index (χ3v) is 3.91. The van der Waals surface area contributed by atoms with Crippen molar-refractivity contribution in [3.63, 3.8) is 0 Å². The zero-order valence-electron chi connectivity index (χ0n) is 9.61. The predicted octanol–water partition coefficient (Wildman–Crippen LogP) is 4.21. The Balaban J connectivity index is 1.96. The molecule has 1 saturated heterocycles. The molecule has 1 fully saturated rings. The Labute approximate surface area is 111 Å². The first-order valence-corrected chi connectivity index (χ1v) is 6.79. The first kappa shape index (κ1) is 13.1. The molecule has 2 rings (SSSR count). The standard InChI is InChI=1S/C13H16Cl2FN/c14-11-8-12(15)13(16)7-9(11)4-5-10-3-1-2-6-17-10/h7-8,10,17H,1-6H2. The number of halogens is 3. The summed E-state index contributed by atoms with van der Waals surface area (Å²) in [5, 5.41) is 4.13. The van der Waals surface area contributed by atoms with E-state index in [9.17, 15) is 4.39 Å². The van der Waals surface area contributed by atoms with Crippen molar-refractivity contribution in [2.75, 3.05) is 6.54 Å². The Morgan fingerprint density at radius 1 is 1.24 bits per heavy atom. The minimum absolute atomic E-state index is 0.0922. The molecule has 0 saturated carbocycles. The largest absolute Gasteiger partial charge is 0.314 e. The lowest BCUT2D eigenvalue weighted by Gasteiger charge is -2.23. The van der Waals surface area contributed by atoms with Gasteiger partial charge in [-0.25, -0.2) is 4.39 Å². The topological polar surface area (TPSA) is 12.0 Å². The molecule has 0 spiro atoms. The molecule has 0 bridgehead atoms. The van der Waals surface area contributed by atoms with E-state index in [1.54, 1.807) is 0 Å². The highest BCUT2D eigenvalue weighted by Crippen LogP contribution is 2.26. The molecule has 0 aliphatic carbocycles. The van der Waals surface area contributed by atoms with Crippen LogP contribution in [0.2, 0.25) is 10.0 Å². The van der Waals surface area contributed by atoms with E-state index < -0.39 is 0 Å². The average Bonchev–Trinajstić information content (AvgIpc) is 2.33. The highest BCUT2D eigenvalue weighted by atomic mass is 35.5. The molecule has 1 aliphatic heterocycles. The quantitative estimate of drug-likeness (QED) is 0.815. The van der Waals surface area contributed by atoms with Gasteiger partial charge >= 0.3 is 0 Å². The SMILES string of the molecule is Fc1cc(CCC2CCCCN2)c(Cl)cc1Cl. The van der Waals surface area contributed by atoms with Crippen LogP contribution in [0.25, 0.3) is 0 Å². The molecule has 1 aromatic carbocycles. The Morgan fingerprint density at radius 2 is 2.06 bits per heavy atom. The van der Waals surface area contributed by atoms with Crippen molar-refractivity contribution in [1.29, 1.82) is 0 Å². The number of nitrogens with one attached hydrogen (secondary N) is 1. The normalized spacial score (nSPS) is 20.5. The molecule has 0 aromatic heterocycles. The van der Waals surface area contributed by atoms with Gasteiger partial charge in [0.25, 0.3) is 0 Å². The van der Waals surface area contributed by atoms with Crippen molar-refractivity contribution >= 4 is 23.2 Å². The number of hydrogen-bond acceptors (Lipinski definition) is 1. The average molecular weight is 276 g/mol. The van der Waals surface area contributed by atoms with Gasteiger partial charge in [-0.1, -0.05) is 29.6 Å². The van der Waals surface area contributed by atoms with Crippen LogP contribution >= 0.6 is 23.2 Å². The lowest BCUT2D eigenvalue weighted by Crippen LogP contribution is -2.34. The minimum atomic E-state index is -0.386. The van der Waals surface area contributed by atoms with Crippen molar-refractivity contribution in [3.8, 4) is 0 Å². The first-order valence-electron chi connectivity index (χ1n) is 6.03. The van der Waals surface area contributed by atoms with Gasteiger partial charge in [0.15, 0.2) is 0 Å². The number of benzene rings is 1. The van der Waals surface area contributed by atoms with Gasteiger partial charge in [-0.05, 0) is 49.9 Å². The molecule has 1 aromatic rings. The second-order valence-electron chi connectivity index (χ2n) is 4.54. The van der Waals surface area contributed by atoms with Gasteiger partial charge in [0.2, 0.25) is 0 Å². The van der Waals surface area contributed by atoms with Crippen molar-refractivity contribution < 1.29 is 4.39 Å². The van der Waals surface area contributed by atoms with E-state index in [-0.39, 0.29) is 10.8 Å². The monoisotopic (exact) mass is 275 g/mol. The third kappa shape index (κ3) is 3.57. The van der Waals surface area contributed by atoms with E-state index in [1.165, 1.54) is 31.4 Å². The molecule has 1 aliphatic rings. The van der Waals surface area contributed by atoms with Crippen LogP contribution < -0.4 is 5.32 Å². The molecule has 1 heterocycles. The van der Waals surface area contributed by atoms with Gasteiger partial charge in [0, 0.05) is 11.1 Å². The summed E-state index contributed by atoms with van der Waals surface area (Å²) in [5.74, 6) is -0.386. The van der Waals surface area contributed by atoms with E-state index >= 15 is 0 Å². The molecular weight excluding hydrogens is 260 g/mol. The van der Waals surface area contributed by atoms with Crippen LogP contribution in [0.3, 0.4) is 0 Å². The third-order valence-electron chi connectivity index (χ3n) is 3.26. The fourth-order valence-corrected chi connectivity index (χ4v) is 2.73. The van der Waals surface area contributed by atoms with Gasteiger partial charge in [0.1, 0.15) is 5.82 Å². The maximum atomic E-state index is 13.3. The summed E-state index contributed by atoms with van der Waals surface area (Å²) < 4.78 is 13.3. The summed E-state index contributed by atoms with van der Waals surface area (Å²) in [6.45, 7) is 1.09. The molecule has 4 heteroatoms. The van der Waals surface area contributed by atoms with E-state index in [0.29, 0.717) is 11.1 Å². The van der Waals surface area contributed by atoms with Crippen LogP contribution in [-0.2, 0) is 6.42 Å². The summed E-state index contributed by atoms with van der Waals surface area (Å²) in [7, 11) is 0. The summed E-state index contributed by atoms with van der Waals surface area (Å²) in [5.41, 5.74) is 0.848. The maximum Gasteiger partial charge on any atom is 0.142 e. The fourth-order valence-electron chi connectivity index (χ4n) is 2.26. The lowest BCUT2D eigenvalue weighted by molar-refractivity contribution is 0.382. The Kier molecular flexibility index (Phi) is 4.66. The predicted molar refractivity (Wildman–Crippen MR) is 70.4 cm³/mol. The smallest absolute Gasteiger partial charge is 0.142 e. The van der Waals surface area contributed by atoms with Gasteiger partial charge in [-0.3, -0.25) is 0 Å². The highest BCUT2D eigenvalue weighted by molar-refractivity contribution is 6.35. The van der Waals surface area contributed by atoms with Crippen LogP contribution in [0.5, 0.6) is 0 Å².